The van der Waals surface area contributed by atoms with Gasteiger partial charge in [-0.2, -0.15) is 4.98 Å². The Kier molecular flexibility index (Phi) is 3.48. The van der Waals surface area contributed by atoms with Gasteiger partial charge < -0.3 is 9.73 Å². The van der Waals surface area contributed by atoms with Crippen LogP contribution >= 0.6 is 0 Å². The molecule has 102 valence electrons. The number of nitrogens with zero attached hydrogens (tertiary/aromatic N) is 1. The lowest BCUT2D eigenvalue weighted by Crippen LogP contribution is -2.13. The molecule has 0 unspecified atom stereocenters. The molecule has 0 amide bonds. The molecule has 6 nitrogen and oxygen atoms in total. The van der Waals surface area contributed by atoms with Crippen molar-refractivity contribution in [3.05, 3.63) is 35.7 Å². The van der Waals surface area contributed by atoms with E-state index in [2.05, 4.69) is 15.0 Å². The first kappa shape index (κ1) is 13.4. The lowest BCUT2D eigenvalue weighted by Gasteiger charge is -2.05. The first-order valence-corrected chi connectivity index (χ1v) is 7.15. The SMILES string of the molecule is CNc1ccc(S(=O)(=O)Nc2nc(C)c(C)o2)cc1. The van der Waals surface area contributed by atoms with Crippen LogP contribution in [0.15, 0.2) is 33.6 Å². The summed E-state index contributed by atoms with van der Waals surface area (Å²) in [6, 6.07) is 6.36. The summed E-state index contributed by atoms with van der Waals surface area (Å²) in [6.07, 6.45) is 0. The summed E-state index contributed by atoms with van der Waals surface area (Å²) in [5, 5.41) is 2.92. The topological polar surface area (TPSA) is 84.2 Å². The van der Waals surface area contributed by atoms with Crippen molar-refractivity contribution in [1.29, 1.82) is 0 Å². The van der Waals surface area contributed by atoms with Crippen molar-refractivity contribution < 1.29 is 12.8 Å². The quantitative estimate of drug-likeness (QED) is 0.897. The number of rotatable bonds is 4. The van der Waals surface area contributed by atoms with Crippen LogP contribution in [0.3, 0.4) is 0 Å². The van der Waals surface area contributed by atoms with E-state index in [9.17, 15) is 8.42 Å². The summed E-state index contributed by atoms with van der Waals surface area (Å²) < 4.78 is 31.7. The largest absolute Gasteiger partial charge is 0.428 e. The summed E-state index contributed by atoms with van der Waals surface area (Å²) in [7, 11) is -1.91. The van der Waals surface area contributed by atoms with Gasteiger partial charge in [0.05, 0.1) is 10.6 Å². The zero-order chi connectivity index (χ0) is 14.0. The average Bonchev–Trinajstić information content (AvgIpc) is 2.67. The summed E-state index contributed by atoms with van der Waals surface area (Å²) in [5.41, 5.74) is 1.49. The number of oxazole rings is 1. The van der Waals surface area contributed by atoms with Gasteiger partial charge >= 0.3 is 6.01 Å². The molecule has 1 aromatic carbocycles. The molecule has 1 aromatic heterocycles. The van der Waals surface area contributed by atoms with Crippen molar-refractivity contribution >= 4 is 21.7 Å². The highest BCUT2D eigenvalue weighted by molar-refractivity contribution is 7.92. The zero-order valence-electron chi connectivity index (χ0n) is 10.9. The fraction of sp³-hybridized carbons (Fsp3) is 0.250. The summed E-state index contributed by atoms with van der Waals surface area (Å²) in [6.45, 7) is 3.47. The molecular weight excluding hydrogens is 266 g/mol. The highest BCUT2D eigenvalue weighted by atomic mass is 32.2. The molecule has 0 saturated heterocycles. The Hall–Kier alpha value is -2.02. The van der Waals surface area contributed by atoms with E-state index in [1.807, 2.05) is 0 Å². The molecule has 0 bridgehead atoms. The molecule has 0 aliphatic carbocycles. The number of nitrogens with one attached hydrogen (secondary N) is 2. The maximum absolute atomic E-state index is 12.1. The Morgan fingerprint density at radius 2 is 1.79 bits per heavy atom. The molecule has 0 spiro atoms. The third-order valence-corrected chi connectivity index (χ3v) is 4.04. The standard InChI is InChI=1S/C12H15N3O3S/c1-8-9(2)18-12(14-8)15-19(16,17)11-6-4-10(13-3)5-7-11/h4-7,13H,1-3H3,(H,14,15). The number of hydrogen-bond donors (Lipinski definition) is 2. The van der Waals surface area contributed by atoms with E-state index in [0.29, 0.717) is 11.5 Å². The van der Waals surface area contributed by atoms with Gasteiger partial charge in [0.15, 0.2) is 0 Å². The minimum atomic E-state index is -3.68. The average molecular weight is 281 g/mol. The van der Waals surface area contributed by atoms with E-state index in [4.69, 9.17) is 4.42 Å². The molecule has 0 aliphatic heterocycles. The third-order valence-electron chi connectivity index (χ3n) is 2.70. The molecule has 7 heteroatoms. The number of aromatic nitrogens is 1. The van der Waals surface area contributed by atoms with Gasteiger partial charge in [0, 0.05) is 12.7 Å². The van der Waals surface area contributed by atoms with Crippen LogP contribution < -0.4 is 10.0 Å². The molecule has 0 saturated carbocycles. The number of aryl methyl sites for hydroxylation is 2. The van der Waals surface area contributed by atoms with E-state index < -0.39 is 10.0 Å². The lowest BCUT2D eigenvalue weighted by molar-refractivity contribution is 0.542. The van der Waals surface area contributed by atoms with Crippen LogP contribution in [0.1, 0.15) is 11.5 Å². The number of sulfonamides is 1. The third kappa shape index (κ3) is 2.87. The second-order valence-electron chi connectivity index (χ2n) is 4.04. The molecule has 2 rings (SSSR count). The molecule has 19 heavy (non-hydrogen) atoms. The normalized spacial score (nSPS) is 11.3. The van der Waals surface area contributed by atoms with Gasteiger partial charge in [0.2, 0.25) is 0 Å². The fourth-order valence-electron chi connectivity index (χ4n) is 1.49. The predicted molar refractivity (Wildman–Crippen MR) is 72.8 cm³/mol. The van der Waals surface area contributed by atoms with Crippen molar-refractivity contribution in [3.8, 4) is 0 Å². The lowest BCUT2D eigenvalue weighted by atomic mass is 10.3. The van der Waals surface area contributed by atoms with Crippen molar-refractivity contribution in [2.45, 2.75) is 18.7 Å². The van der Waals surface area contributed by atoms with Crippen LogP contribution in [0.2, 0.25) is 0 Å². The van der Waals surface area contributed by atoms with Crippen LogP contribution in [0.5, 0.6) is 0 Å². The van der Waals surface area contributed by atoms with Crippen LogP contribution in [0.25, 0.3) is 0 Å². The van der Waals surface area contributed by atoms with E-state index in [0.717, 1.165) is 5.69 Å². The number of anilines is 2. The molecule has 0 fully saturated rings. The van der Waals surface area contributed by atoms with Gasteiger partial charge in [-0.3, -0.25) is 0 Å². The minimum absolute atomic E-state index is 0.0207. The second-order valence-corrected chi connectivity index (χ2v) is 5.72. The predicted octanol–water partition coefficient (Wildman–Crippen LogP) is 2.13. The van der Waals surface area contributed by atoms with Gasteiger partial charge in [-0.25, -0.2) is 13.1 Å². The fourth-order valence-corrected chi connectivity index (χ4v) is 2.42. The van der Waals surface area contributed by atoms with E-state index >= 15 is 0 Å². The summed E-state index contributed by atoms with van der Waals surface area (Å²) in [4.78, 5) is 4.14. The van der Waals surface area contributed by atoms with E-state index in [1.165, 1.54) is 12.1 Å². The highest BCUT2D eigenvalue weighted by Crippen LogP contribution is 2.19. The van der Waals surface area contributed by atoms with Gasteiger partial charge in [0.1, 0.15) is 5.76 Å². The second kappa shape index (κ2) is 4.93. The molecule has 2 aromatic rings. The van der Waals surface area contributed by atoms with E-state index in [-0.39, 0.29) is 10.9 Å². The van der Waals surface area contributed by atoms with Crippen molar-refractivity contribution in [1.82, 2.24) is 4.98 Å². The van der Waals surface area contributed by atoms with Crippen molar-refractivity contribution in [2.75, 3.05) is 17.1 Å². The first-order chi connectivity index (χ1) is 8.92. The van der Waals surface area contributed by atoms with Crippen LogP contribution in [0, 0.1) is 13.8 Å². The maximum Gasteiger partial charge on any atom is 0.309 e. The van der Waals surface area contributed by atoms with Gasteiger partial charge in [-0.1, -0.05) is 0 Å². The summed E-state index contributed by atoms with van der Waals surface area (Å²) >= 11 is 0. The highest BCUT2D eigenvalue weighted by Gasteiger charge is 2.17. The van der Waals surface area contributed by atoms with Crippen molar-refractivity contribution in [3.63, 3.8) is 0 Å². The van der Waals surface area contributed by atoms with Crippen molar-refractivity contribution in [2.24, 2.45) is 0 Å². The van der Waals surface area contributed by atoms with Crippen LogP contribution in [0.4, 0.5) is 11.7 Å². The minimum Gasteiger partial charge on any atom is -0.428 e. The molecular formula is C12H15N3O3S. The Morgan fingerprint density at radius 1 is 1.16 bits per heavy atom. The van der Waals surface area contributed by atoms with Crippen LogP contribution in [-0.4, -0.2) is 20.4 Å². The van der Waals surface area contributed by atoms with Gasteiger partial charge in [-0.05, 0) is 38.1 Å². The number of hydrogen-bond acceptors (Lipinski definition) is 5. The first-order valence-electron chi connectivity index (χ1n) is 5.67. The molecule has 1 heterocycles. The van der Waals surface area contributed by atoms with Gasteiger partial charge in [-0.15, -0.1) is 0 Å². The Morgan fingerprint density at radius 3 is 2.26 bits per heavy atom. The Bertz CT molecular complexity index is 655. The van der Waals surface area contributed by atoms with Crippen LogP contribution in [-0.2, 0) is 10.0 Å². The summed E-state index contributed by atoms with van der Waals surface area (Å²) in [5.74, 6) is 0.586. The Labute approximate surface area is 111 Å². The molecule has 0 atom stereocenters. The molecule has 2 N–H and O–H groups in total. The smallest absolute Gasteiger partial charge is 0.309 e. The van der Waals surface area contributed by atoms with E-state index in [1.54, 1.807) is 33.0 Å². The molecule has 0 aliphatic rings. The zero-order valence-corrected chi connectivity index (χ0v) is 11.7. The maximum atomic E-state index is 12.1. The van der Waals surface area contributed by atoms with Gasteiger partial charge in [0.25, 0.3) is 10.0 Å². The monoisotopic (exact) mass is 281 g/mol. The number of benzene rings is 1. The molecule has 0 radical (unpaired) electrons. The Balaban J connectivity index is 2.26.